The zero-order valence-electron chi connectivity index (χ0n) is 10.3. The fourth-order valence-corrected chi connectivity index (χ4v) is 1.33. The van der Waals surface area contributed by atoms with Gasteiger partial charge in [0.15, 0.2) is 0 Å². The van der Waals surface area contributed by atoms with E-state index in [0.29, 0.717) is 32.2 Å². The summed E-state index contributed by atoms with van der Waals surface area (Å²) in [5, 5.41) is 8.80. The molecule has 0 saturated heterocycles. The van der Waals surface area contributed by atoms with E-state index in [9.17, 15) is 4.39 Å². The lowest BCUT2D eigenvalue weighted by Gasteiger charge is -2.08. The van der Waals surface area contributed by atoms with Crippen LogP contribution in [0, 0.1) is 17.1 Å². The van der Waals surface area contributed by atoms with E-state index in [0.717, 1.165) is 12.5 Å². The van der Waals surface area contributed by atoms with Crippen LogP contribution in [0.5, 0.6) is 5.75 Å². The SMILES string of the molecule is COCCCOCCOc1ccc(F)cc1C#N. The second kappa shape index (κ2) is 8.45. The van der Waals surface area contributed by atoms with Crippen LogP contribution in [0.1, 0.15) is 12.0 Å². The lowest BCUT2D eigenvalue weighted by molar-refractivity contribution is 0.0805. The zero-order chi connectivity index (χ0) is 13.2. The normalized spacial score (nSPS) is 10.1. The molecule has 0 saturated carbocycles. The van der Waals surface area contributed by atoms with Gasteiger partial charge in [-0.15, -0.1) is 0 Å². The summed E-state index contributed by atoms with van der Waals surface area (Å²) in [4.78, 5) is 0. The van der Waals surface area contributed by atoms with E-state index in [4.69, 9.17) is 19.5 Å². The van der Waals surface area contributed by atoms with Gasteiger partial charge in [0.05, 0.1) is 12.2 Å². The van der Waals surface area contributed by atoms with Crippen molar-refractivity contribution in [3.8, 4) is 11.8 Å². The topological polar surface area (TPSA) is 51.5 Å². The summed E-state index contributed by atoms with van der Waals surface area (Å²) in [7, 11) is 1.64. The molecule has 0 bridgehead atoms. The van der Waals surface area contributed by atoms with Gasteiger partial charge < -0.3 is 14.2 Å². The second-order valence-electron chi connectivity index (χ2n) is 3.56. The van der Waals surface area contributed by atoms with Crippen molar-refractivity contribution in [2.24, 2.45) is 0 Å². The average Bonchev–Trinajstić information content (AvgIpc) is 2.39. The molecule has 0 fully saturated rings. The number of nitriles is 1. The molecule has 98 valence electrons. The molecule has 0 N–H and O–H groups in total. The van der Waals surface area contributed by atoms with Crippen LogP contribution in [-0.2, 0) is 9.47 Å². The Morgan fingerprint density at radius 1 is 1.22 bits per heavy atom. The number of methoxy groups -OCH3 is 1. The van der Waals surface area contributed by atoms with Crippen LogP contribution in [-0.4, -0.2) is 33.5 Å². The van der Waals surface area contributed by atoms with E-state index in [2.05, 4.69) is 0 Å². The largest absolute Gasteiger partial charge is 0.490 e. The molecule has 0 aromatic heterocycles. The maximum atomic E-state index is 12.9. The van der Waals surface area contributed by atoms with Gasteiger partial charge in [0.25, 0.3) is 0 Å². The molecule has 0 unspecified atom stereocenters. The smallest absolute Gasteiger partial charge is 0.137 e. The first-order valence-electron chi connectivity index (χ1n) is 5.67. The standard InChI is InChI=1S/C13H16FNO3/c1-16-5-2-6-17-7-8-18-13-4-3-12(14)9-11(13)10-15/h3-4,9H,2,5-8H2,1H3. The van der Waals surface area contributed by atoms with Gasteiger partial charge in [0.2, 0.25) is 0 Å². The van der Waals surface area contributed by atoms with Crippen LogP contribution in [0.3, 0.4) is 0 Å². The Balaban J connectivity index is 2.25. The first-order chi connectivity index (χ1) is 8.77. The van der Waals surface area contributed by atoms with E-state index < -0.39 is 5.82 Å². The molecule has 0 radical (unpaired) electrons. The van der Waals surface area contributed by atoms with Crippen molar-refractivity contribution < 1.29 is 18.6 Å². The van der Waals surface area contributed by atoms with Crippen LogP contribution in [0.4, 0.5) is 4.39 Å². The molecular formula is C13H16FNO3. The maximum Gasteiger partial charge on any atom is 0.137 e. The van der Waals surface area contributed by atoms with E-state index in [1.807, 2.05) is 6.07 Å². The molecular weight excluding hydrogens is 237 g/mol. The van der Waals surface area contributed by atoms with Crippen molar-refractivity contribution in [3.63, 3.8) is 0 Å². The molecule has 0 aliphatic carbocycles. The molecule has 1 aromatic carbocycles. The van der Waals surface area contributed by atoms with Gasteiger partial charge in [0.1, 0.15) is 24.2 Å². The molecule has 0 spiro atoms. The van der Waals surface area contributed by atoms with Gasteiger partial charge in [-0.3, -0.25) is 0 Å². The fourth-order valence-electron chi connectivity index (χ4n) is 1.33. The van der Waals surface area contributed by atoms with Gasteiger partial charge in [-0.2, -0.15) is 5.26 Å². The molecule has 0 heterocycles. The minimum atomic E-state index is -0.449. The summed E-state index contributed by atoms with van der Waals surface area (Å²) in [5.74, 6) is -0.0749. The van der Waals surface area contributed by atoms with Crippen LogP contribution >= 0.6 is 0 Å². The number of rotatable bonds is 8. The van der Waals surface area contributed by atoms with Crippen molar-refractivity contribution in [3.05, 3.63) is 29.6 Å². The maximum absolute atomic E-state index is 12.9. The molecule has 1 aromatic rings. The molecule has 0 aliphatic heterocycles. The van der Waals surface area contributed by atoms with Crippen LogP contribution in [0.25, 0.3) is 0 Å². The summed E-state index contributed by atoms with van der Waals surface area (Å²) in [6.45, 7) is 2.02. The zero-order valence-corrected chi connectivity index (χ0v) is 10.3. The lowest BCUT2D eigenvalue weighted by Crippen LogP contribution is -2.09. The third kappa shape index (κ3) is 5.13. The number of hydrogen-bond acceptors (Lipinski definition) is 4. The molecule has 1 rings (SSSR count). The first kappa shape index (κ1) is 14.4. The van der Waals surface area contributed by atoms with Gasteiger partial charge in [-0.25, -0.2) is 4.39 Å². The molecule has 4 nitrogen and oxygen atoms in total. The Morgan fingerprint density at radius 2 is 2.06 bits per heavy atom. The van der Waals surface area contributed by atoms with E-state index in [-0.39, 0.29) is 5.56 Å². The third-order valence-electron chi connectivity index (χ3n) is 2.18. The lowest BCUT2D eigenvalue weighted by atomic mass is 10.2. The molecule has 0 amide bonds. The molecule has 0 atom stereocenters. The Morgan fingerprint density at radius 3 is 2.78 bits per heavy atom. The first-order valence-corrected chi connectivity index (χ1v) is 5.67. The Bertz CT molecular complexity index is 404. The minimum Gasteiger partial charge on any atom is -0.490 e. The summed E-state index contributed by atoms with van der Waals surface area (Å²) in [6.07, 6.45) is 0.830. The molecule has 5 heteroatoms. The summed E-state index contributed by atoms with van der Waals surface area (Å²) < 4.78 is 28.4. The van der Waals surface area contributed by atoms with E-state index in [1.165, 1.54) is 12.1 Å². The van der Waals surface area contributed by atoms with Gasteiger partial charge in [-0.1, -0.05) is 0 Å². The fraction of sp³-hybridized carbons (Fsp3) is 0.462. The van der Waals surface area contributed by atoms with Crippen molar-refractivity contribution in [2.75, 3.05) is 33.5 Å². The van der Waals surface area contributed by atoms with Crippen LogP contribution in [0.15, 0.2) is 18.2 Å². The number of nitrogens with zero attached hydrogens (tertiary/aromatic N) is 1. The number of halogens is 1. The average molecular weight is 253 g/mol. The predicted octanol–water partition coefficient (Wildman–Crippen LogP) is 2.13. The number of hydrogen-bond donors (Lipinski definition) is 0. The highest BCUT2D eigenvalue weighted by Crippen LogP contribution is 2.18. The van der Waals surface area contributed by atoms with Gasteiger partial charge >= 0.3 is 0 Å². The van der Waals surface area contributed by atoms with Crippen molar-refractivity contribution in [1.82, 2.24) is 0 Å². The summed E-state index contributed by atoms with van der Waals surface area (Å²) in [6, 6.07) is 5.73. The highest BCUT2D eigenvalue weighted by atomic mass is 19.1. The van der Waals surface area contributed by atoms with Crippen molar-refractivity contribution in [1.29, 1.82) is 5.26 Å². The van der Waals surface area contributed by atoms with Crippen LogP contribution < -0.4 is 4.74 Å². The van der Waals surface area contributed by atoms with Gasteiger partial charge in [0, 0.05) is 20.3 Å². The number of ether oxygens (including phenoxy) is 3. The minimum absolute atomic E-state index is 0.189. The predicted molar refractivity (Wildman–Crippen MR) is 63.9 cm³/mol. The monoisotopic (exact) mass is 253 g/mol. The van der Waals surface area contributed by atoms with Crippen molar-refractivity contribution in [2.45, 2.75) is 6.42 Å². The van der Waals surface area contributed by atoms with E-state index >= 15 is 0 Å². The van der Waals surface area contributed by atoms with Crippen LogP contribution in [0.2, 0.25) is 0 Å². The second-order valence-corrected chi connectivity index (χ2v) is 3.56. The Kier molecular flexibility index (Phi) is 6.77. The number of benzene rings is 1. The Hall–Kier alpha value is -1.64. The quantitative estimate of drug-likeness (QED) is 0.666. The highest BCUT2D eigenvalue weighted by molar-refractivity contribution is 5.42. The summed E-state index contributed by atoms with van der Waals surface area (Å²) >= 11 is 0. The molecule has 18 heavy (non-hydrogen) atoms. The third-order valence-corrected chi connectivity index (χ3v) is 2.18. The highest BCUT2D eigenvalue weighted by Gasteiger charge is 2.04. The Labute approximate surface area is 106 Å². The van der Waals surface area contributed by atoms with E-state index in [1.54, 1.807) is 7.11 Å². The van der Waals surface area contributed by atoms with Crippen molar-refractivity contribution >= 4 is 0 Å². The summed E-state index contributed by atoms with van der Waals surface area (Å²) in [5.41, 5.74) is 0.189. The molecule has 0 aliphatic rings. The van der Waals surface area contributed by atoms with Gasteiger partial charge in [-0.05, 0) is 24.6 Å².